The van der Waals surface area contributed by atoms with E-state index in [2.05, 4.69) is 81.1 Å². The van der Waals surface area contributed by atoms with Crippen LogP contribution in [0.5, 0.6) is 0 Å². The van der Waals surface area contributed by atoms with Gasteiger partial charge in [0.25, 0.3) is 0 Å². The van der Waals surface area contributed by atoms with E-state index in [4.69, 9.17) is 9.72 Å². The molecule has 0 N–H and O–H groups in total. The van der Waals surface area contributed by atoms with Crippen molar-refractivity contribution < 1.29 is 4.74 Å². The third-order valence-corrected chi connectivity index (χ3v) is 8.04. The molecule has 2 aliphatic heterocycles. The molecule has 2 aliphatic rings. The molecule has 2 aromatic heterocycles. The van der Waals surface area contributed by atoms with Crippen LogP contribution in [0.1, 0.15) is 33.1 Å². The number of ether oxygens (including phenoxy) is 1. The van der Waals surface area contributed by atoms with Crippen molar-refractivity contribution in [2.75, 3.05) is 42.6 Å². The highest BCUT2D eigenvalue weighted by Crippen LogP contribution is 2.31. The molecule has 7 heteroatoms. The fraction of sp³-hybridized carbons (Fsp3) is 0.357. The van der Waals surface area contributed by atoms with Gasteiger partial charge in [-0.3, -0.25) is 0 Å². The van der Waals surface area contributed by atoms with Crippen LogP contribution in [0.4, 0.5) is 10.8 Å². The Labute approximate surface area is 210 Å². The summed E-state index contributed by atoms with van der Waals surface area (Å²) in [6.45, 7) is 9.59. The van der Waals surface area contributed by atoms with Crippen LogP contribution >= 0.6 is 11.3 Å². The van der Waals surface area contributed by atoms with Crippen LogP contribution < -0.4 is 9.80 Å². The number of hydrogen-bond donors (Lipinski definition) is 0. The predicted molar refractivity (Wildman–Crippen MR) is 142 cm³/mol. The Morgan fingerprint density at radius 3 is 2.49 bits per heavy atom. The number of morpholine rings is 1. The van der Waals surface area contributed by atoms with Gasteiger partial charge in [0.1, 0.15) is 5.82 Å². The molecule has 4 aromatic rings. The van der Waals surface area contributed by atoms with Crippen molar-refractivity contribution in [1.29, 1.82) is 0 Å². The zero-order valence-electron chi connectivity index (χ0n) is 20.4. The summed E-state index contributed by atoms with van der Waals surface area (Å²) in [5.41, 5.74) is 7.68. The highest BCUT2D eigenvalue weighted by Gasteiger charge is 2.20. The lowest BCUT2D eigenvalue weighted by molar-refractivity contribution is 0.122. The summed E-state index contributed by atoms with van der Waals surface area (Å²) in [5.74, 6) is 1.03. The van der Waals surface area contributed by atoms with Gasteiger partial charge < -0.3 is 19.1 Å². The topological polar surface area (TPSA) is 46.4 Å². The maximum absolute atomic E-state index is 5.47. The number of aromatic nitrogens is 3. The second-order valence-corrected chi connectivity index (χ2v) is 10.6. The normalized spacial score (nSPS) is 15.9. The summed E-state index contributed by atoms with van der Waals surface area (Å²) in [4.78, 5) is 15.5. The van der Waals surface area contributed by atoms with Crippen molar-refractivity contribution in [3.63, 3.8) is 0 Å². The lowest BCUT2D eigenvalue weighted by Crippen LogP contribution is -2.36. The molecule has 35 heavy (non-hydrogen) atoms. The summed E-state index contributed by atoms with van der Waals surface area (Å²) in [6.07, 6.45) is 6.14. The molecule has 0 saturated carbocycles. The maximum Gasteiger partial charge on any atom is 0.185 e. The second kappa shape index (κ2) is 9.47. The first kappa shape index (κ1) is 22.3. The highest BCUT2D eigenvalue weighted by molar-refractivity contribution is 7.15. The molecule has 0 radical (unpaired) electrons. The molecule has 1 saturated heterocycles. The summed E-state index contributed by atoms with van der Waals surface area (Å²) < 4.78 is 7.65. The lowest BCUT2D eigenvalue weighted by Gasteiger charge is -2.29. The first-order valence-corrected chi connectivity index (χ1v) is 13.2. The van der Waals surface area contributed by atoms with Crippen molar-refractivity contribution in [3.05, 3.63) is 87.9 Å². The molecule has 180 valence electrons. The molecule has 6 nitrogen and oxygen atoms in total. The quantitative estimate of drug-likeness (QED) is 0.401. The van der Waals surface area contributed by atoms with Crippen molar-refractivity contribution in [3.8, 4) is 5.69 Å². The van der Waals surface area contributed by atoms with Crippen LogP contribution in [0.15, 0.2) is 54.9 Å². The van der Waals surface area contributed by atoms with Gasteiger partial charge >= 0.3 is 0 Å². The summed E-state index contributed by atoms with van der Waals surface area (Å²) in [5, 5.41) is 1.12. The maximum atomic E-state index is 5.47. The van der Waals surface area contributed by atoms with E-state index in [1.807, 2.05) is 18.3 Å². The van der Waals surface area contributed by atoms with E-state index in [0.29, 0.717) is 0 Å². The van der Waals surface area contributed by atoms with Crippen LogP contribution in [0.25, 0.3) is 5.69 Å². The Kier molecular flexibility index (Phi) is 6.04. The van der Waals surface area contributed by atoms with Gasteiger partial charge in [-0.2, -0.15) is 0 Å². The van der Waals surface area contributed by atoms with E-state index in [9.17, 15) is 0 Å². The van der Waals surface area contributed by atoms with Gasteiger partial charge in [-0.05, 0) is 61.2 Å². The van der Waals surface area contributed by atoms with Crippen molar-refractivity contribution in [2.24, 2.45) is 0 Å². The van der Waals surface area contributed by atoms with Gasteiger partial charge in [-0.15, -0.1) is 11.3 Å². The molecule has 0 atom stereocenters. The van der Waals surface area contributed by atoms with Crippen LogP contribution in [0.2, 0.25) is 0 Å². The molecule has 0 bridgehead atoms. The minimum absolute atomic E-state index is 0.816. The molecule has 2 aromatic carbocycles. The van der Waals surface area contributed by atoms with E-state index in [-0.39, 0.29) is 0 Å². The molecular weight excluding hydrogens is 454 g/mol. The smallest absolute Gasteiger partial charge is 0.185 e. The number of benzene rings is 2. The summed E-state index contributed by atoms with van der Waals surface area (Å²) >= 11 is 1.82. The molecule has 1 fully saturated rings. The van der Waals surface area contributed by atoms with E-state index < -0.39 is 0 Å². The van der Waals surface area contributed by atoms with Gasteiger partial charge in [0, 0.05) is 61.2 Å². The van der Waals surface area contributed by atoms with E-state index in [0.717, 1.165) is 68.9 Å². The van der Waals surface area contributed by atoms with Crippen LogP contribution in [-0.4, -0.2) is 47.4 Å². The number of imidazole rings is 1. The van der Waals surface area contributed by atoms with Crippen molar-refractivity contribution in [2.45, 2.75) is 33.2 Å². The molecular formula is C28H31N5OS. The van der Waals surface area contributed by atoms with Gasteiger partial charge in [-0.1, -0.05) is 18.2 Å². The van der Waals surface area contributed by atoms with E-state index in [1.165, 1.54) is 32.9 Å². The van der Waals surface area contributed by atoms with Crippen molar-refractivity contribution >= 4 is 22.2 Å². The summed E-state index contributed by atoms with van der Waals surface area (Å²) in [6, 6.07) is 15.8. The third-order valence-electron chi connectivity index (χ3n) is 6.99. The van der Waals surface area contributed by atoms with Crippen LogP contribution in [-0.2, 0) is 24.1 Å². The zero-order valence-corrected chi connectivity index (χ0v) is 21.2. The van der Waals surface area contributed by atoms with Gasteiger partial charge in [0.05, 0.1) is 18.9 Å². The zero-order chi connectivity index (χ0) is 23.8. The molecule has 4 heterocycles. The highest BCUT2D eigenvalue weighted by atomic mass is 32.1. The van der Waals surface area contributed by atoms with Gasteiger partial charge in [0.15, 0.2) is 5.13 Å². The largest absolute Gasteiger partial charge is 0.378 e. The fourth-order valence-electron chi connectivity index (χ4n) is 5.11. The Balaban J connectivity index is 1.14. The lowest BCUT2D eigenvalue weighted by atomic mass is 9.99. The number of rotatable bonds is 5. The number of nitrogens with zero attached hydrogens (tertiary/aromatic N) is 5. The first-order chi connectivity index (χ1) is 17.1. The van der Waals surface area contributed by atoms with Crippen molar-refractivity contribution in [1.82, 2.24) is 14.5 Å². The van der Waals surface area contributed by atoms with E-state index in [1.54, 1.807) is 0 Å². The number of hydrogen-bond acceptors (Lipinski definition) is 6. The Morgan fingerprint density at radius 1 is 0.914 bits per heavy atom. The minimum atomic E-state index is 0.816. The predicted octanol–water partition coefficient (Wildman–Crippen LogP) is 4.94. The van der Waals surface area contributed by atoms with Gasteiger partial charge in [0.2, 0.25) is 0 Å². The molecule has 0 aliphatic carbocycles. The SMILES string of the molecule is Cc1cn(-c2ccc3c(c2)CN(c2ncc(Cc4ccc(N5CCOCC5)cc4)s2)CC3)c(C)n1. The second-order valence-electron chi connectivity index (χ2n) is 9.48. The first-order valence-electron chi connectivity index (χ1n) is 12.4. The number of fused-ring (bicyclic) bond motifs is 1. The molecule has 0 spiro atoms. The number of thiazole rings is 1. The Morgan fingerprint density at radius 2 is 1.71 bits per heavy atom. The monoisotopic (exact) mass is 485 g/mol. The fourth-order valence-corrected chi connectivity index (χ4v) is 6.08. The summed E-state index contributed by atoms with van der Waals surface area (Å²) in [7, 11) is 0. The minimum Gasteiger partial charge on any atom is -0.378 e. The molecule has 0 amide bonds. The average molecular weight is 486 g/mol. The van der Waals surface area contributed by atoms with Crippen LogP contribution in [0.3, 0.4) is 0 Å². The van der Waals surface area contributed by atoms with E-state index >= 15 is 0 Å². The molecule has 6 rings (SSSR count). The van der Waals surface area contributed by atoms with Gasteiger partial charge in [-0.25, -0.2) is 9.97 Å². The Bertz CT molecular complexity index is 1320. The number of anilines is 2. The third kappa shape index (κ3) is 4.70. The average Bonchev–Trinajstić information content (AvgIpc) is 3.50. The Hall–Kier alpha value is -3.16. The standard InChI is InChI=1S/C28H31N5OS/c1-20-18-33(21(2)30-20)26-8-5-23-9-10-32(19-24(23)16-26)28-29-17-27(35-28)15-22-3-6-25(7-4-22)31-11-13-34-14-12-31/h3-8,16-18H,9-15,19H2,1-2H3. The molecule has 0 unspecified atom stereocenters. The van der Waals surface area contributed by atoms with Crippen LogP contribution in [0, 0.1) is 13.8 Å². The number of aryl methyl sites for hydroxylation is 2.